The number of anilines is 2. The number of aromatic nitrogens is 2. The number of nitrogens with zero attached hydrogens (tertiary/aromatic N) is 2. The van der Waals surface area contributed by atoms with Gasteiger partial charge in [0.05, 0.1) is 12.6 Å². The van der Waals surface area contributed by atoms with Gasteiger partial charge in [-0.25, -0.2) is 9.97 Å². The number of nitrogens with one attached hydrogen (secondary N) is 1. The summed E-state index contributed by atoms with van der Waals surface area (Å²) in [4.78, 5) is 8.71. The number of fused-ring (bicyclic) bond motifs is 1. The van der Waals surface area contributed by atoms with Gasteiger partial charge in [0.25, 0.3) is 0 Å². The van der Waals surface area contributed by atoms with Crippen molar-refractivity contribution in [3.63, 3.8) is 0 Å². The third kappa shape index (κ3) is 3.95. The molecule has 4 aromatic rings. The van der Waals surface area contributed by atoms with Crippen molar-refractivity contribution in [2.24, 2.45) is 0 Å². The molecule has 0 saturated carbocycles. The number of hydrogen-bond acceptors (Lipinski definition) is 5. The lowest BCUT2D eigenvalue weighted by atomic mass is 10.2. The molecule has 27 heavy (non-hydrogen) atoms. The van der Waals surface area contributed by atoms with Crippen LogP contribution < -0.4 is 14.8 Å². The SMILES string of the molecule is COc1cc(Nc2ncnc3ccc(I)cc23)ccc1Oc1ccccc1. The highest BCUT2D eigenvalue weighted by Gasteiger charge is 2.09. The van der Waals surface area contributed by atoms with Crippen LogP contribution in [0.2, 0.25) is 0 Å². The maximum absolute atomic E-state index is 5.91. The van der Waals surface area contributed by atoms with Crippen molar-refractivity contribution >= 4 is 45.0 Å². The minimum atomic E-state index is 0.636. The molecule has 1 N–H and O–H groups in total. The second kappa shape index (κ2) is 7.79. The Morgan fingerprint density at radius 3 is 2.56 bits per heavy atom. The summed E-state index contributed by atoms with van der Waals surface area (Å²) in [6, 6.07) is 21.4. The maximum atomic E-state index is 5.91. The van der Waals surface area contributed by atoms with Crippen LogP contribution in [0.25, 0.3) is 10.9 Å². The third-order valence-corrected chi connectivity index (χ3v) is 4.67. The van der Waals surface area contributed by atoms with Crippen LogP contribution in [0.4, 0.5) is 11.5 Å². The van der Waals surface area contributed by atoms with E-state index in [9.17, 15) is 0 Å². The van der Waals surface area contributed by atoms with Gasteiger partial charge in [0.1, 0.15) is 17.9 Å². The molecule has 0 saturated heterocycles. The number of benzene rings is 3. The second-order valence-corrected chi connectivity index (χ2v) is 7.04. The first-order valence-corrected chi connectivity index (χ1v) is 9.39. The molecule has 0 aliphatic carbocycles. The summed E-state index contributed by atoms with van der Waals surface area (Å²) in [6.45, 7) is 0. The Morgan fingerprint density at radius 1 is 0.889 bits per heavy atom. The lowest BCUT2D eigenvalue weighted by molar-refractivity contribution is 0.379. The Labute approximate surface area is 170 Å². The largest absolute Gasteiger partial charge is 0.493 e. The number of methoxy groups -OCH3 is 1. The summed E-state index contributed by atoms with van der Waals surface area (Å²) in [5.74, 6) is 2.79. The van der Waals surface area contributed by atoms with Gasteiger partial charge in [0.15, 0.2) is 11.5 Å². The van der Waals surface area contributed by atoms with Gasteiger partial charge in [-0.2, -0.15) is 0 Å². The highest BCUT2D eigenvalue weighted by molar-refractivity contribution is 14.1. The van der Waals surface area contributed by atoms with Crippen molar-refractivity contribution in [1.82, 2.24) is 9.97 Å². The third-order valence-electron chi connectivity index (χ3n) is 3.99. The Kier molecular flexibility index (Phi) is 5.06. The van der Waals surface area contributed by atoms with Gasteiger partial charge in [-0.15, -0.1) is 0 Å². The molecule has 0 atom stereocenters. The average Bonchev–Trinajstić information content (AvgIpc) is 2.70. The van der Waals surface area contributed by atoms with Crippen LogP contribution in [0.5, 0.6) is 17.2 Å². The highest BCUT2D eigenvalue weighted by Crippen LogP contribution is 2.35. The first kappa shape index (κ1) is 17.5. The zero-order valence-electron chi connectivity index (χ0n) is 14.5. The van der Waals surface area contributed by atoms with Crippen molar-refractivity contribution < 1.29 is 9.47 Å². The van der Waals surface area contributed by atoms with E-state index in [1.807, 2.05) is 60.7 Å². The first-order valence-electron chi connectivity index (χ1n) is 8.31. The minimum absolute atomic E-state index is 0.636. The standard InChI is InChI=1S/C21H16IN3O2/c1-26-20-12-15(8-10-19(20)27-16-5-3-2-4-6-16)25-21-17-11-14(22)7-9-18(17)23-13-24-21/h2-13H,1H3,(H,23,24,25). The fourth-order valence-electron chi connectivity index (χ4n) is 2.71. The molecule has 3 aromatic carbocycles. The van der Waals surface area contributed by atoms with Crippen LogP contribution in [0.3, 0.4) is 0 Å². The van der Waals surface area contributed by atoms with E-state index < -0.39 is 0 Å². The molecule has 134 valence electrons. The van der Waals surface area contributed by atoms with E-state index in [2.05, 4.69) is 43.9 Å². The Hall–Kier alpha value is -2.87. The molecular formula is C21H16IN3O2. The molecule has 6 heteroatoms. The number of ether oxygens (including phenoxy) is 2. The molecule has 1 heterocycles. The maximum Gasteiger partial charge on any atom is 0.169 e. The summed E-state index contributed by atoms with van der Waals surface area (Å²) >= 11 is 2.28. The Morgan fingerprint density at radius 2 is 1.74 bits per heavy atom. The van der Waals surface area contributed by atoms with Crippen LogP contribution >= 0.6 is 22.6 Å². The van der Waals surface area contributed by atoms with Gasteiger partial charge in [-0.3, -0.25) is 0 Å². The number of hydrogen-bond donors (Lipinski definition) is 1. The smallest absolute Gasteiger partial charge is 0.169 e. The molecule has 5 nitrogen and oxygen atoms in total. The van der Waals surface area contributed by atoms with E-state index in [0.29, 0.717) is 11.5 Å². The average molecular weight is 469 g/mol. The predicted octanol–water partition coefficient (Wildman–Crippen LogP) is 5.78. The highest BCUT2D eigenvalue weighted by atomic mass is 127. The number of rotatable bonds is 5. The number of para-hydroxylation sites is 1. The van der Waals surface area contributed by atoms with Gasteiger partial charge in [-0.1, -0.05) is 18.2 Å². The molecule has 0 fully saturated rings. The molecule has 0 unspecified atom stereocenters. The fraction of sp³-hybridized carbons (Fsp3) is 0.0476. The zero-order valence-corrected chi connectivity index (χ0v) is 16.7. The first-order chi connectivity index (χ1) is 13.2. The van der Waals surface area contributed by atoms with Crippen molar-refractivity contribution in [3.05, 3.63) is 76.6 Å². The molecule has 0 amide bonds. The molecule has 1 aromatic heterocycles. The van der Waals surface area contributed by atoms with E-state index >= 15 is 0 Å². The Bertz CT molecular complexity index is 1090. The van der Waals surface area contributed by atoms with E-state index in [-0.39, 0.29) is 0 Å². The zero-order chi connectivity index (χ0) is 18.6. The van der Waals surface area contributed by atoms with E-state index in [1.54, 1.807) is 13.4 Å². The summed E-state index contributed by atoms with van der Waals surface area (Å²) in [7, 11) is 1.62. The van der Waals surface area contributed by atoms with Crippen LogP contribution in [0.1, 0.15) is 0 Å². The van der Waals surface area contributed by atoms with Gasteiger partial charge in [0, 0.05) is 20.7 Å². The lowest BCUT2D eigenvalue weighted by Gasteiger charge is -2.13. The van der Waals surface area contributed by atoms with E-state index in [1.165, 1.54) is 0 Å². The molecular weight excluding hydrogens is 453 g/mol. The quantitative estimate of drug-likeness (QED) is 0.376. The lowest BCUT2D eigenvalue weighted by Crippen LogP contribution is -1.98. The number of halogens is 1. The molecule has 0 bridgehead atoms. The normalized spacial score (nSPS) is 10.6. The van der Waals surface area contributed by atoms with E-state index in [4.69, 9.17) is 9.47 Å². The topological polar surface area (TPSA) is 56.3 Å². The Balaban J connectivity index is 1.64. The van der Waals surface area contributed by atoms with Crippen molar-refractivity contribution in [3.8, 4) is 17.2 Å². The van der Waals surface area contributed by atoms with Crippen LogP contribution in [-0.4, -0.2) is 17.1 Å². The van der Waals surface area contributed by atoms with Gasteiger partial charge in [-0.05, 0) is 65.1 Å². The predicted molar refractivity (Wildman–Crippen MR) is 115 cm³/mol. The van der Waals surface area contributed by atoms with Crippen molar-refractivity contribution in [1.29, 1.82) is 0 Å². The molecule has 0 aliphatic rings. The van der Waals surface area contributed by atoms with E-state index in [0.717, 1.165) is 31.7 Å². The second-order valence-electron chi connectivity index (χ2n) is 5.79. The van der Waals surface area contributed by atoms with Gasteiger partial charge in [0.2, 0.25) is 0 Å². The van der Waals surface area contributed by atoms with Crippen LogP contribution in [0.15, 0.2) is 73.1 Å². The molecule has 4 rings (SSSR count). The van der Waals surface area contributed by atoms with Crippen LogP contribution in [0, 0.1) is 3.57 Å². The fourth-order valence-corrected chi connectivity index (χ4v) is 3.20. The molecule has 0 radical (unpaired) electrons. The summed E-state index contributed by atoms with van der Waals surface area (Å²) in [6.07, 6.45) is 1.56. The monoisotopic (exact) mass is 469 g/mol. The van der Waals surface area contributed by atoms with Crippen LogP contribution in [-0.2, 0) is 0 Å². The molecule has 0 aliphatic heterocycles. The summed E-state index contributed by atoms with van der Waals surface area (Å²) in [5.41, 5.74) is 1.75. The minimum Gasteiger partial charge on any atom is -0.493 e. The van der Waals surface area contributed by atoms with Crippen molar-refractivity contribution in [2.75, 3.05) is 12.4 Å². The van der Waals surface area contributed by atoms with Gasteiger partial charge >= 0.3 is 0 Å². The van der Waals surface area contributed by atoms with Gasteiger partial charge < -0.3 is 14.8 Å². The van der Waals surface area contributed by atoms with Crippen molar-refractivity contribution in [2.45, 2.75) is 0 Å². The molecule has 0 spiro atoms. The summed E-state index contributed by atoms with van der Waals surface area (Å²) < 4.78 is 12.5. The summed E-state index contributed by atoms with van der Waals surface area (Å²) in [5, 5.41) is 4.32.